The summed E-state index contributed by atoms with van der Waals surface area (Å²) in [5.41, 5.74) is 6.48. The molecule has 0 saturated carbocycles. The Bertz CT molecular complexity index is 1170. The minimum atomic E-state index is -2.93. The molecule has 0 radical (unpaired) electrons. The van der Waals surface area contributed by atoms with E-state index in [1.165, 1.54) is 11.1 Å². The third-order valence-corrected chi connectivity index (χ3v) is 8.30. The molecule has 166 valence electrons. The van der Waals surface area contributed by atoms with E-state index in [0.29, 0.717) is 6.42 Å². The van der Waals surface area contributed by atoms with Gasteiger partial charge in [0.2, 0.25) is 0 Å². The maximum Gasteiger partial charge on any atom is 0.187 e. The molecule has 1 aliphatic heterocycles. The van der Waals surface area contributed by atoms with Gasteiger partial charge in [0.15, 0.2) is 15.0 Å². The van der Waals surface area contributed by atoms with Crippen LogP contribution >= 0.6 is 11.3 Å². The van der Waals surface area contributed by atoms with Crippen LogP contribution in [-0.2, 0) is 22.9 Å². The molecule has 31 heavy (non-hydrogen) atoms. The molecule has 0 bridgehead atoms. The van der Waals surface area contributed by atoms with Gasteiger partial charge in [-0.25, -0.2) is 13.4 Å². The highest BCUT2D eigenvalue weighted by molar-refractivity contribution is 7.91. The van der Waals surface area contributed by atoms with Crippen molar-refractivity contribution in [2.45, 2.75) is 46.3 Å². The molecule has 1 aromatic carbocycles. The van der Waals surface area contributed by atoms with Crippen molar-refractivity contribution in [3.63, 3.8) is 0 Å². The fraction of sp³-hybridized carbons (Fsp3) is 0.455. The summed E-state index contributed by atoms with van der Waals surface area (Å²) in [5.74, 6) is 0.452. The third kappa shape index (κ3) is 5.16. The van der Waals surface area contributed by atoms with Crippen LogP contribution in [0, 0.1) is 20.8 Å². The highest BCUT2D eigenvalue weighted by atomic mass is 32.2. The van der Waals surface area contributed by atoms with Crippen molar-refractivity contribution in [3.05, 3.63) is 57.9 Å². The summed E-state index contributed by atoms with van der Waals surface area (Å²) in [6.45, 7) is 7.59. The highest BCUT2D eigenvalue weighted by Gasteiger charge is 2.31. The normalized spacial score (nSPS) is 18.0. The second-order valence-electron chi connectivity index (χ2n) is 8.46. The number of hydrogen-bond acceptors (Lipinski definition) is 7. The third-order valence-electron chi connectivity index (χ3n) is 5.74. The van der Waals surface area contributed by atoms with Gasteiger partial charge in [-0.05, 0) is 46.4 Å². The van der Waals surface area contributed by atoms with Crippen LogP contribution in [0.3, 0.4) is 0 Å². The van der Waals surface area contributed by atoms with Gasteiger partial charge in [-0.1, -0.05) is 17.7 Å². The first-order valence-electron chi connectivity index (χ1n) is 10.4. The average Bonchev–Trinajstić information content (AvgIpc) is 3.37. The number of nitrogens with zero attached hydrogens (tertiary/aromatic N) is 4. The summed E-state index contributed by atoms with van der Waals surface area (Å²) < 4.78 is 25.7. The van der Waals surface area contributed by atoms with E-state index in [4.69, 9.17) is 4.98 Å². The van der Waals surface area contributed by atoms with Gasteiger partial charge < -0.3 is 5.32 Å². The zero-order chi connectivity index (χ0) is 22.2. The predicted octanol–water partition coefficient (Wildman–Crippen LogP) is 4.00. The first kappa shape index (κ1) is 22.0. The number of benzene rings is 1. The van der Waals surface area contributed by atoms with E-state index in [2.05, 4.69) is 58.9 Å². The molecule has 7 nitrogen and oxygen atoms in total. The number of aryl methyl sites for hydroxylation is 2. The van der Waals surface area contributed by atoms with Crippen molar-refractivity contribution in [1.29, 1.82) is 0 Å². The van der Waals surface area contributed by atoms with Crippen LogP contribution < -0.4 is 5.32 Å². The number of aromatic nitrogens is 3. The average molecular weight is 460 g/mol. The Hall–Kier alpha value is -2.23. The number of thiazole rings is 1. The van der Waals surface area contributed by atoms with Gasteiger partial charge in [-0.3, -0.25) is 9.58 Å². The second-order valence-corrected chi connectivity index (χ2v) is 11.5. The van der Waals surface area contributed by atoms with Crippen molar-refractivity contribution >= 4 is 32.0 Å². The lowest BCUT2D eigenvalue weighted by molar-refractivity contribution is 0.314. The predicted molar refractivity (Wildman–Crippen MR) is 126 cm³/mol. The minimum absolute atomic E-state index is 0.0447. The van der Waals surface area contributed by atoms with E-state index >= 15 is 0 Å². The molecule has 4 rings (SSSR count). The Labute approximate surface area is 188 Å². The standard InChI is InChI=1S/C22H29N5O2S2/c1-15-5-7-18(8-6-15)23-22-24-19(13-30-22)11-26(4)12-21-16(2)25-27(17(21)3)20-9-10-31(28,29)14-20/h5-8,13,20H,9-12,14H2,1-4H3,(H,23,24)/t20-/m1/s1. The quantitative estimate of drug-likeness (QED) is 0.575. The van der Waals surface area contributed by atoms with Crippen molar-refractivity contribution in [3.8, 4) is 0 Å². The molecule has 1 fully saturated rings. The van der Waals surface area contributed by atoms with Crippen molar-refractivity contribution in [1.82, 2.24) is 19.7 Å². The summed E-state index contributed by atoms with van der Waals surface area (Å²) in [6.07, 6.45) is 0.648. The van der Waals surface area contributed by atoms with E-state index < -0.39 is 9.84 Å². The van der Waals surface area contributed by atoms with Gasteiger partial charge >= 0.3 is 0 Å². The summed E-state index contributed by atoms with van der Waals surface area (Å²) in [6, 6.07) is 8.23. The van der Waals surface area contributed by atoms with Gasteiger partial charge in [-0.15, -0.1) is 11.3 Å². The molecule has 0 unspecified atom stereocenters. The maximum atomic E-state index is 11.9. The molecule has 3 heterocycles. The Morgan fingerprint density at radius 2 is 1.94 bits per heavy atom. The van der Waals surface area contributed by atoms with Crippen LogP contribution in [0.15, 0.2) is 29.6 Å². The van der Waals surface area contributed by atoms with E-state index in [-0.39, 0.29) is 17.5 Å². The molecule has 3 aromatic rings. The summed E-state index contributed by atoms with van der Waals surface area (Å²) >= 11 is 1.60. The zero-order valence-corrected chi connectivity index (χ0v) is 20.1. The molecule has 9 heteroatoms. The smallest absolute Gasteiger partial charge is 0.187 e. The summed E-state index contributed by atoms with van der Waals surface area (Å²) in [4.78, 5) is 6.94. The van der Waals surface area contributed by atoms with Crippen LogP contribution in [0.1, 0.15) is 40.7 Å². The molecule has 1 atom stereocenters. The molecule has 0 aliphatic carbocycles. The number of nitrogens with one attached hydrogen (secondary N) is 1. The van der Waals surface area contributed by atoms with Crippen LogP contribution in [0.25, 0.3) is 0 Å². The molecular formula is C22H29N5O2S2. The first-order valence-corrected chi connectivity index (χ1v) is 13.1. The Morgan fingerprint density at radius 1 is 1.19 bits per heavy atom. The molecular weight excluding hydrogens is 430 g/mol. The van der Waals surface area contributed by atoms with Crippen molar-refractivity contribution < 1.29 is 8.42 Å². The fourth-order valence-corrected chi connectivity index (χ4v) is 6.46. The van der Waals surface area contributed by atoms with E-state index in [1.54, 1.807) is 11.3 Å². The number of rotatable bonds is 7. The summed E-state index contributed by atoms with van der Waals surface area (Å²) in [5, 5.41) is 11.0. The van der Waals surface area contributed by atoms with Gasteiger partial charge in [0.25, 0.3) is 0 Å². The van der Waals surface area contributed by atoms with E-state index in [0.717, 1.165) is 41.0 Å². The SMILES string of the molecule is Cc1ccc(Nc2nc(CN(C)Cc3c(C)nn([C@@H]4CCS(=O)(=O)C4)c3C)cs2)cc1. The van der Waals surface area contributed by atoms with E-state index in [9.17, 15) is 8.42 Å². The number of anilines is 2. The Balaban J connectivity index is 1.40. The van der Waals surface area contributed by atoms with E-state index in [1.807, 2.05) is 18.5 Å². The Morgan fingerprint density at radius 3 is 2.61 bits per heavy atom. The molecule has 1 aliphatic rings. The lowest BCUT2D eigenvalue weighted by atomic mass is 10.1. The topological polar surface area (TPSA) is 80.1 Å². The Kier molecular flexibility index (Phi) is 6.18. The minimum Gasteiger partial charge on any atom is -0.332 e. The van der Waals surface area contributed by atoms with Crippen LogP contribution in [0.2, 0.25) is 0 Å². The summed E-state index contributed by atoms with van der Waals surface area (Å²) in [7, 11) is -0.862. The lowest BCUT2D eigenvalue weighted by Gasteiger charge is -2.16. The largest absolute Gasteiger partial charge is 0.332 e. The van der Waals surface area contributed by atoms with Gasteiger partial charge in [0.05, 0.1) is 28.9 Å². The van der Waals surface area contributed by atoms with Crippen LogP contribution in [0.5, 0.6) is 0 Å². The molecule has 1 saturated heterocycles. The van der Waals surface area contributed by atoms with Gasteiger partial charge in [0, 0.05) is 35.4 Å². The fourth-order valence-electron chi connectivity index (χ4n) is 4.05. The second kappa shape index (κ2) is 8.72. The lowest BCUT2D eigenvalue weighted by Crippen LogP contribution is -2.19. The molecule has 1 N–H and O–H groups in total. The maximum absolute atomic E-state index is 11.9. The van der Waals surface area contributed by atoms with Crippen LogP contribution in [0.4, 0.5) is 10.8 Å². The van der Waals surface area contributed by atoms with Gasteiger partial charge in [-0.2, -0.15) is 5.10 Å². The monoisotopic (exact) mass is 459 g/mol. The molecule has 0 amide bonds. The first-order chi connectivity index (χ1) is 14.7. The number of sulfone groups is 1. The highest BCUT2D eigenvalue weighted by Crippen LogP contribution is 2.28. The number of hydrogen-bond donors (Lipinski definition) is 1. The molecule has 2 aromatic heterocycles. The van der Waals surface area contributed by atoms with Crippen molar-refractivity contribution in [2.75, 3.05) is 23.9 Å². The van der Waals surface area contributed by atoms with Gasteiger partial charge in [0.1, 0.15) is 0 Å². The van der Waals surface area contributed by atoms with Crippen LogP contribution in [-0.4, -0.2) is 46.6 Å². The molecule has 0 spiro atoms. The van der Waals surface area contributed by atoms with Crippen molar-refractivity contribution in [2.24, 2.45) is 0 Å². The zero-order valence-electron chi connectivity index (χ0n) is 18.4.